The van der Waals surface area contributed by atoms with Crippen LogP contribution < -0.4 is 9.62 Å². The van der Waals surface area contributed by atoms with Crippen LogP contribution in [0.15, 0.2) is 71.6 Å². The van der Waals surface area contributed by atoms with Gasteiger partial charge in [-0.25, -0.2) is 12.8 Å². The lowest BCUT2D eigenvalue weighted by Crippen LogP contribution is -2.52. The molecule has 3 aromatic carbocycles. The Morgan fingerprint density at radius 3 is 2.15 bits per heavy atom. The highest BCUT2D eigenvalue weighted by Gasteiger charge is 2.34. The standard InChI is InChI=1S/C28H29Cl3FN3O4S/c1-3-15-33-28(37)26(4-2)34(17-21-22(29)11-8-12-23(21)30)27(36)18-35(19-13-14-25(32)24(31)16-19)40(38,39)20-9-6-5-7-10-20/h5-14,16,26H,3-4,15,17-18H2,1-2H3,(H,33,37)/t26-/m1/s1. The maximum Gasteiger partial charge on any atom is 0.264 e. The normalized spacial score (nSPS) is 12.1. The van der Waals surface area contributed by atoms with Crippen molar-refractivity contribution >= 4 is 62.3 Å². The Labute approximate surface area is 248 Å². The minimum atomic E-state index is -4.32. The van der Waals surface area contributed by atoms with Crippen LogP contribution in [0.4, 0.5) is 10.1 Å². The minimum absolute atomic E-state index is 0.0252. The van der Waals surface area contributed by atoms with Crippen molar-refractivity contribution in [1.82, 2.24) is 10.2 Å². The van der Waals surface area contributed by atoms with Gasteiger partial charge in [-0.05, 0) is 55.3 Å². The molecule has 40 heavy (non-hydrogen) atoms. The fraction of sp³-hybridized carbons (Fsp3) is 0.286. The molecule has 1 atom stereocenters. The van der Waals surface area contributed by atoms with Gasteiger partial charge in [-0.15, -0.1) is 0 Å². The van der Waals surface area contributed by atoms with Crippen LogP contribution >= 0.6 is 34.8 Å². The highest BCUT2D eigenvalue weighted by atomic mass is 35.5. The number of halogens is 4. The second-order valence-electron chi connectivity index (χ2n) is 8.86. The summed E-state index contributed by atoms with van der Waals surface area (Å²) >= 11 is 18.8. The summed E-state index contributed by atoms with van der Waals surface area (Å²) < 4.78 is 42.4. The van der Waals surface area contributed by atoms with Gasteiger partial charge in [-0.1, -0.05) is 72.9 Å². The lowest BCUT2D eigenvalue weighted by Gasteiger charge is -2.33. The van der Waals surface area contributed by atoms with Gasteiger partial charge in [0, 0.05) is 28.7 Å². The van der Waals surface area contributed by atoms with Crippen molar-refractivity contribution in [1.29, 1.82) is 0 Å². The number of anilines is 1. The fourth-order valence-corrected chi connectivity index (χ4v) is 6.15. The number of nitrogens with one attached hydrogen (secondary N) is 1. The number of nitrogens with zero attached hydrogens (tertiary/aromatic N) is 2. The van der Waals surface area contributed by atoms with Crippen molar-refractivity contribution in [2.45, 2.75) is 44.2 Å². The number of amides is 2. The van der Waals surface area contributed by atoms with Crippen molar-refractivity contribution in [3.05, 3.63) is 93.2 Å². The monoisotopic (exact) mass is 627 g/mol. The summed E-state index contributed by atoms with van der Waals surface area (Å²) in [4.78, 5) is 28.3. The summed E-state index contributed by atoms with van der Waals surface area (Å²) in [6.45, 7) is 3.17. The summed E-state index contributed by atoms with van der Waals surface area (Å²) in [6, 6.07) is 14.8. The highest BCUT2D eigenvalue weighted by Crippen LogP contribution is 2.30. The predicted octanol–water partition coefficient (Wildman–Crippen LogP) is 6.31. The number of hydrogen-bond donors (Lipinski definition) is 1. The fourth-order valence-electron chi connectivity index (χ4n) is 4.03. The SMILES string of the molecule is CCCNC(=O)[C@@H](CC)N(Cc1c(Cl)cccc1Cl)C(=O)CN(c1ccc(F)c(Cl)c1)S(=O)(=O)c1ccccc1. The van der Waals surface area contributed by atoms with Crippen LogP contribution in [0.2, 0.25) is 15.1 Å². The van der Waals surface area contributed by atoms with Crippen molar-refractivity contribution in [2.75, 3.05) is 17.4 Å². The number of sulfonamides is 1. The minimum Gasteiger partial charge on any atom is -0.354 e. The third kappa shape index (κ3) is 7.46. The molecule has 0 aliphatic carbocycles. The average Bonchev–Trinajstić information content (AvgIpc) is 2.93. The molecule has 0 aromatic heterocycles. The van der Waals surface area contributed by atoms with E-state index in [1.54, 1.807) is 43.3 Å². The quantitative estimate of drug-likeness (QED) is 0.255. The van der Waals surface area contributed by atoms with Crippen LogP contribution in [0.3, 0.4) is 0 Å². The lowest BCUT2D eigenvalue weighted by atomic mass is 10.1. The van der Waals surface area contributed by atoms with E-state index in [4.69, 9.17) is 34.8 Å². The Balaban J connectivity index is 2.10. The van der Waals surface area contributed by atoms with Crippen molar-refractivity contribution in [2.24, 2.45) is 0 Å². The zero-order valence-electron chi connectivity index (χ0n) is 21.9. The van der Waals surface area contributed by atoms with E-state index in [0.29, 0.717) is 18.5 Å². The predicted molar refractivity (Wildman–Crippen MR) is 157 cm³/mol. The van der Waals surface area contributed by atoms with Crippen molar-refractivity contribution < 1.29 is 22.4 Å². The number of benzene rings is 3. The molecule has 12 heteroatoms. The second-order valence-corrected chi connectivity index (χ2v) is 11.9. The molecule has 0 fully saturated rings. The van der Waals surface area contributed by atoms with E-state index in [-0.39, 0.29) is 38.6 Å². The van der Waals surface area contributed by atoms with E-state index < -0.39 is 40.2 Å². The summed E-state index contributed by atoms with van der Waals surface area (Å²) in [5, 5.41) is 3.05. The molecule has 0 heterocycles. The molecule has 2 amide bonds. The van der Waals surface area contributed by atoms with Crippen LogP contribution in [-0.2, 0) is 26.2 Å². The third-order valence-electron chi connectivity index (χ3n) is 6.13. The first kappa shape index (κ1) is 31.7. The third-order valence-corrected chi connectivity index (χ3v) is 8.91. The summed E-state index contributed by atoms with van der Waals surface area (Å²) in [5.41, 5.74) is 0.381. The molecule has 0 aliphatic heterocycles. The smallest absolute Gasteiger partial charge is 0.264 e. The molecular formula is C28H29Cl3FN3O4S. The van der Waals surface area contributed by atoms with Crippen molar-refractivity contribution in [3.63, 3.8) is 0 Å². The Bertz CT molecular complexity index is 1440. The van der Waals surface area contributed by atoms with Gasteiger partial charge in [0.15, 0.2) is 0 Å². The molecule has 214 valence electrons. The van der Waals surface area contributed by atoms with Gasteiger partial charge in [0.25, 0.3) is 10.0 Å². The second kappa shape index (κ2) is 14.2. The Hall–Kier alpha value is -2.85. The van der Waals surface area contributed by atoms with Crippen LogP contribution in [0.25, 0.3) is 0 Å². The maximum atomic E-state index is 14.0. The first-order valence-electron chi connectivity index (χ1n) is 12.5. The van der Waals surface area contributed by atoms with Gasteiger partial charge in [0.1, 0.15) is 18.4 Å². The highest BCUT2D eigenvalue weighted by molar-refractivity contribution is 7.92. The molecular weight excluding hydrogens is 600 g/mol. The van der Waals surface area contributed by atoms with Gasteiger partial charge < -0.3 is 10.2 Å². The average molecular weight is 629 g/mol. The van der Waals surface area contributed by atoms with Gasteiger partial charge in [-0.2, -0.15) is 0 Å². The number of carbonyl (C=O) groups is 2. The zero-order valence-corrected chi connectivity index (χ0v) is 25.0. The lowest BCUT2D eigenvalue weighted by molar-refractivity contribution is -0.140. The largest absolute Gasteiger partial charge is 0.354 e. The number of hydrogen-bond acceptors (Lipinski definition) is 4. The summed E-state index contributed by atoms with van der Waals surface area (Å²) in [6.07, 6.45) is 0.915. The summed E-state index contributed by atoms with van der Waals surface area (Å²) in [7, 11) is -4.32. The molecule has 7 nitrogen and oxygen atoms in total. The van der Waals surface area contributed by atoms with Gasteiger partial charge in [0.05, 0.1) is 15.6 Å². The Kier molecular flexibility index (Phi) is 11.2. The van der Waals surface area contributed by atoms with Gasteiger partial charge in [-0.3, -0.25) is 13.9 Å². The molecule has 1 N–H and O–H groups in total. The van der Waals surface area contributed by atoms with Crippen LogP contribution in [0.1, 0.15) is 32.3 Å². The first-order valence-corrected chi connectivity index (χ1v) is 15.1. The van der Waals surface area contributed by atoms with E-state index in [1.165, 1.54) is 23.1 Å². The molecule has 0 radical (unpaired) electrons. The molecule has 3 aromatic rings. The molecule has 0 aliphatic rings. The summed E-state index contributed by atoms with van der Waals surface area (Å²) in [5.74, 6) is -1.85. The molecule has 0 unspecified atom stereocenters. The van der Waals surface area contributed by atoms with E-state index in [0.717, 1.165) is 16.4 Å². The van der Waals surface area contributed by atoms with E-state index in [9.17, 15) is 22.4 Å². The Morgan fingerprint density at radius 1 is 0.925 bits per heavy atom. The van der Waals surface area contributed by atoms with Crippen LogP contribution in [0.5, 0.6) is 0 Å². The molecule has 0 saturated heterocycles. The molecule has 0 spiro atoms. The number of carbonyl (C=O) groups excluding carboxylic acids is 2. The zero-order chi connectivity index (χ0) is 29.4. The molecule has 0 saturated carbocycles. The van der Waals surface area contributed by atoms with Crippen molar-refractivity contribution in [3.8, 4) is 0 Å². The number of rotatable bonds is 12. The van der Waals surface area contributed by atoms with E-state index in [2.05, 4.69) is 5.32 Å². The first-order chi connectivity index (χ1) is 19.0. The molecule has 3 rings (SSSR count). The molecule has 0 bridgehead atoms. The van der Waals surface area contributed by atoms with E-state index >= 15 is 0 Å². The van der Waals surface area contributed by atoms with E-state index in [1.807, 2.05) is 6.92 Å². The van der Waals surface area contributed by atoms with Crippen LogP contribution in [0, 0.1) is 5.82 Å². The van der Waals surface area contributed by atoms with Gasteiger partial charge in [0.2, 0.25) is 11.8 Å². The Morgan fingerprint density at radius 2 is 1.57 bits per heavy atom. The maximum absolute atomic E-state index is 14.0. The van der Waals surface area contributed by atoms with Crippen LogP contribution in [-0.4, -0.2) is 44.3 Å². The van der Waals surface area contributed by atoms with Gasteiger partial charge >= 0.3 is 0 Å². The topological polar surface area (TPSA) is 86.8 Å².